The lowest BCUT2D eigenvalue weighted by Crippen LogP contribution is -2.36. The first-order valence-corrected chi connectivity index (χ1v) is 8.04. The third-order valence-electron chi connectivity index (χ3n) is 3.86. The van der Waals surface area contributed by atoms with E-state index in [4.69, 9.17) is 9.47 Å². The lowest BCUT2D eigenvalue weighted by molar-refractivity contribution is -0.121. The smallest absolute Gasteiger partial charge is 0.241 e. The number of morpholine rings is 1. The summed E-state index contributed by atoms with van der Waals surface area (Å²) in [6, 6.07) is 0. The Kier molecular flexibility index (Phi) is 5.55. The van der Waals surface area contributed by atoms with E-state index < -0.39 is 0 Å². The van der Waals surface area contributed by atoms with Gasteiger partial charge in [0, 0.05) is 33.4 Å². The number of fused-ring (bicyclic) bond motifs is 1. The Hall–Kier alpha value is -2.26. The van der Waals surface area contributed by atoms with Gasteiger partial charge in [0.2, 0.25) is 5.91 Å². The minimum atomic E-state index is -0.0948. The highest BCUT2D eigenvalue weighted by molar-refractivity contribution is 5.87. The Morgan fingerprint density at radius 3 is 3.00 bits per heavy atom. The average Bonchev–Trinajstić information content (AvgIpc) is 3.02. The van der Waals surface area contributed by atoms with Crippen LogP contribution in [0.4, 0.5) is 5.82 Å². The lowest BCUT2D eigenvalue weighted by atomic mass is 10.3. The van der Waals surface area contributed by atoms with Crippen LogP contribution in [0, 0.1) is 0 Å². The molecule has 2 aromatic heterocycles. The van der Waals surface area contributed by atoms with Crippen LogP contribution in [-0.4, -0.2) is 72.2 Å². The number of nitrogens with one attached hydrogen (secondary N) is 1. The molecule has 0 aromatic carbocycles. The van der Waals surface area contributed by atoms with Crippen molar-refractivity contribution in [3.63, 3.8) is 0 Å². The third-order valence-corrected chi connectivity index (χ3v) is 3.86. The van der Waals surface area contributed by atoms with Gasteiger partial charge in [-0.25, -0.2) is 14.6 Å². The first-order chi connectivity index (χ1) is 11.8. The zero-order valence-electron chi connectivity index (χ0n) is 13.8. The highest BCUT2D eigenvalue weighted by Crippen LogP contribution is 2.23. The van der Waals surface area contributed by atoms with E-state index in [9.17, 15) is 4.79 Å². The van der Waals surface area contributed by atoms with Crippen LogP contribution in [0.2, 0.25) is 0 Å². The van der Waals surface area contributed by atoms with Gasteiger partial charge in [0.25, 0.3) is 0 Å². The molecule has 1 aliphatic rings. The summed E-state index contributed by atoms with van der Waals surface area (Å²) in [5.74, 6) is 0.748. The highest BCUT2D eigenvalue weighted by atomic mass is 16.5. The van der Waals surface area contributed by atoms with E-state index in [1.54, 1.807) is 18.0 Å². The van der Waals surface area contributed by atoms with Gasteiger partial charge in [-0.3, -0.25) is 4.79 Å². The van der Waals surface area contributed by atoms with Crippen LogP contribution in [0.25, 0.3) is 11.0 Å². The number of amides is 1. The molecule has 0 spiro atoms. The number of hydrogen-bond acceptors (Lipinski definition) is 7. The van der Waals surface area contributed by atoms with Crippen molar-refractivity contribution < 1.29 is 14.3 Å². The fourth-order valence-corrected chi connectivity index (χ4v) is 2.66. The van der Waals surface area contributed by atoms with Gasteiger partial charge >= 0.3 is 0 Å². The summed E-state index contributed by atoms with van der Waals surface area (Å²) < 4.78 is 11.9. The van der Waals surface area contributed by atoms with E-state index in [2.05, 4.69) is 25.3 Å². The molecule has 0 radical (unpaired) electrons. The van der Waals surface area contributed by atoms with Crippen LogP contribution in [0.15, 0.2) is 12.5 Å². The number of aromatic nitrogens is 4. The summed E-state index contributed by atoms with van der Waals surface area (Å²) in [6.07, 6.45) is 4.02. The Morgan fingerprint density at radius 1 is 1.38 bits per heavy atom. The number of methoxy groups -OCH3 is 1. The maximum atomic E-state index is 12.0. The monoisotopic (exact) mass is 334 g/mol. The second-order valence-corrected chi connectivity index (χ2v) is 5.53. The van der Waals surface area contributed by atoms with Crippen molar-refractivity contribution in [1.29, 1.82) is 0 Å². The summed E-state index contributed by atoms with van der Waals surface area (Å²) in [7, 11) is 1.64. The fourth-order valence-electron chi connectivity index (χ4n) is 2.66. The molecule has 0 saturated carbocycles. The highest BCUT2D eigenvalue weighted by Gasteiger charge is 2.18. The molecule has 3 heterocycles. The van der Waals surface area contributed by atoms with Crippen LogP contribution >= 0.6 is 0 Å². The topological polar surface area (TPSA) is 94.4 Å². The van der Waals surface area contributed by atoms with E-state index in [1.165, 1.54) is 6.33 Å². The third kappa shape index (κ3) is 3.80. The standard InChI is InChI=1S/C15H22N6O3/c1-23-6-2-3-16-13(22)10-21-15-12(9-19-21)14(17-11-18-15)20-4-7-24-8-5-20/h9,11H,2-8,10H2,1H3,(H,16,22). The Morgan fingerprint density at radius 2 is 2.21 bits per heavy atom. The summed E-state index contributed by atoms with van der Waals surface area (Å²) in [5.41, 5.74) is 0.665. The summed E-state index contributed by atoms with van der Waals surface area (Å²) in [4.78, 5) is 22.9. The largest absolute Gasteiger partial charge is 0.385 e. The Bertz CT molecular complexity index is 683. The molecular formula is C15H22N6O3. The number of nitrogens with zero attached hydrogens (tertiary/aromatic N) is 5. The molecule has 0 atom stereocenters. The first-order valence-electron chi connectivity index (χ1n) is 8.04. The molecule has 0 aliphatic carbocycles. The van der Waals surface area contributed by atoms with E-state index >= 15 is 0 Å². The lowest BCUT2D eigenvalue weighted by Gasteiger charge is -2.27. The molecule has 3 rings (SSSR count). The molecule has 0 bridgehead atoms. The van der Waals surface area contributed by atoms with Crippen LogP contribution in [-0.2, 0) is 20.8 Å². The van der Waals surface area contributed by atoms with Crippen molar-refractivity contribution in [3.05, 3.63) is 12.5 Å². The summed E-state index contributed by atoms with van der Waals surface area (Å²) in [5, 5.41) is 8.01. The van der Waals surface area contributed by atoms with E-state index in [1.807, 2.05) is 0 Å². The number of hydrogen-bond donors (Lipinski definition) is 1. The second kappa shape index (κ2) is 8.02. The average molecular weight is 334 g/mol. The van der Waals surface area contributed by atoms with Crippen LogP contribution in [0.3, 0.4) is 0 Å². The first kappa shape index (κ1) is 16.6. The molecule has 24 heavy (non-hydrogen) atoms. The molecule has 0 unspecified atom stereocenters. The summed E-state index contributed by atoms with van der Waals surface area (Å²) >= 11 is 0. The zero-order valence-corrected chi connectivity index (χ0v) is 13.8. The predicted octanol–water partition coefficient (Wildman–Crippen LogP) is -0.184. The Labute approximate surface area is 140 Å². The maximum Gasteiger partial charge on any atom is 0.241 e. The van der Waals surface area contributed by atoms with Crippen molar-refractivity contribution >= 4 is 22.8 Å². The SMILES string of the molecule is COCCCNC(=O)Cn1ncc2c(N3CCOCC3)ncnc21. The van der Waals surface area contributed by atoms with Gasteiger partial charge in [-0.1, -0.05) is 0 Å². The van der Waals surface area contributed by atoms with Gasteiger partial charge in [-0.2, -0.15) is 5.10 Å². The van der Waals surface area contributed by atoms with Gasteiger partial charge in [0.15, 0.2) is 5.65 Å². The van der Waals surface area contributed by atoms with Crippen molar-refractivity contribution in [1.82, 2.24) is 25.1 Å². The zero-order chi connectivity index (χ0) is 16.8. The number of anilines is 1. The van der Waals surface area contributed by atoms with Crippen molar-refractivity contribution in [2.45, 2.75) is 13.0 Å². The molecule has 130 valence electrons. The molecule has 9 nitrogen and oxygen atoms in total. The van der Waals surface area contributed by atoms with Gasteiger partial charge < -0.3 is 19.7 Å². The number of carbonyl (C=O) groups is 1. The molecular weight excluding hydrogens is 312 g/mol. The number of carbonyl (C=O) groups excluding carboxylic acids is 1. The minimum Gasteiger partial charge on any atom is -0.385 e. The molecule has 1 fully saturated rings. The fraction of sp³-hybridized carbons (Fsp3) is 0.600. The minimum absolute atomic E-state index is 0.0948. The van der Waals surface area contributed by atoms with Gasteiger partial charge in [-0.15, -0.1) is 0 Å². The molecule has 1 amide bonds. The van der Waals surface area contributed by atoms with E-state index in [-0.39, 0.29) is 12.5 Å². The van der Waals surface area contributed by atoms with E-state index in [0.717, 1.165) is 30.7 Å². The number of ether oxygens (including phenoxy) is 2. The molecule has 1 N–H and O–H groups in total. The second-order valence-electron chi connectivity index (χ2n) is 5.53. The van der Waals surface area contributed by atoms with Crippen molar-refractivity contribution in [2.75, 3.05) is 51.5 Å². The van der Waals surface area contributed by atoms with Gasteiger partial charge in [-0.05, 0) is 6.42 Å². The molecule has 1 saturated heterocycles. The normalized spacial score (nSPS) is 15.0. The van der Waals surface area contributed by atoms with Crippen LogP contribution in [0.5, 0.6) is 0 Å². The molecule has 1 aliphatic heterocycles. The van der Waals surface area contributed by atoms with Crippen LogP contribution < -0.4 is 10.2 Å². The van der Waals surface area contributed by atoms with E-state index in [0.29, 0.717) is 32.0 Å². The van der Waals surface area contributed by atoms with Gasteiger partial charge in [0.05, 0.1) is 24.8 Å². The Balaban J connectivity index is 1.70. The van der Waals surface area contributed by atoms with Crippen molar-refractivity contribution in [3.8, 4) is 0 Å². The quantitative estimate of drug-likeness (QED) is 0.702. The van der Waals surface area contributed by atoms with Crippen LogP contribution in [0.1, 0.15) is 6.42 Å². The van der Waals surface area contributed by atoms with Crippen molar-refractivity contribution in [2.24, 2.45) is 0 Å². The molecule has 9 heteroatoms. The van der Waals surface area contributed by atoms with Gasteiger partial charge in [0.1, 0.15) is 18.7 Å². The molecule has 2 aromatic rings. The predicted molar refractivity (Wildman–Crippen MR) is 87.9 cm³/mol. The maximum absolute atomic E-state index is 12.0. The number of rotatable bonds is 7. The summed E-state index contributed by atoms with van der Waals surface area (Å²) in [6.45, 7) is 4.29.